The molecule has 2 amide bonds. The number of carbonyl (C=O) groups is 2. The summed E-state index contributed by atoms with van der Waals surface area (Å²) in [5.74, 6) is 0.473. The Morgan fingerprint density at radius 3 is 2.74 bits per heavy atom. The molecule has 5 nitrogen and oxygen atoms in total. The van der Waals surface area contributed by atoms with Crippen molar-refractivity contribution in [1.82, 2.24) is 9.88 Å². The van der Waals surface area contributed by atoms with Crippen LogP contribution in [0.25, 0.3) is 0 Å². The van der Waals surface area contributed by atoms with E-state index in [0.29, 0.717) is 13.1 Å². The second kappa shape index (κ2) is 5.48. The Morgan fingerprint density at radius 2 is 2.00 bits per heavy atom. The summed E-state index contributed by atoms with van der Waals surface area (Å²) in [6, 6.07) is 3.77. The summed E-state index contributed by atoms with van der Waals surface area (Å²) in [5.41, 5.74) is 0.483. The zero-order chi connectivity index (χ0) is 15.9. The fraction of sp³-hybridized carbons (Fsp3) is 0.500. The fourth-order valence-corrected chi connectivity index (χ4v) is 4.10. The molecule has 4 rings (SSSR count). The molecule has 2 aliphatic heterocycles. The topological polar surface area (TPSA) is 53.5 Å². The van der Waals surface area contributed by atoms with Crippen LogP contribution in [0.4, 0.5) is 5.69 Å². The summed E-state index contributed by atoms with van der Waals surface area (Å²) in [6.45, 7) is 2.01. The van der Waals surface area contributed by atoms with Gasteiger partial charge in [-0.1, -0.05) is 12.2 Å². The van der Waals surface area contributed by atoms with E-state index in [0.717, 1.165) is 37.9 Å². The highest BCUT2D eigenvalue weighted by Gasteiger charge is 2.52. The van der Waals surface area contributed by atoms with Crippen LogP contribution in [-0.2, 0) is 9.59 Å². The third kappa shape index (κ3) is 2.35. The molecule has 0 bridgehead atoms. The molecule has 1 aromatic rings. The smallest absolute Gasteiger partial charge is 0.235 e. The van der Waals surface area contributed by atoms with Crippen LogP contribution in [0.5, 0.6) is 0 Å². The highest BCUT2D eigenvalue weighted by molar-refractivity contribution is 6.00. The third-order valence-electron chi connectivity index (χ3n) is 5.49. The Morgan fingerprint density at radius 1 is 1.22 bits per heavy atom. The van der Waals surface area contributed by atoms with Gasteiger partial charge in [-0.2, -0.15) is 0 Å². The molecule has 2 saturated heterocycles. The number of rotatable bonds is 2. The van der Waals surface area contributed by atoms with E-state index in [9.17, 15) is 9.59 Å². The Bertz CT molecular complexity index is 649. The van der Waals surface area contributed by atoms with E-state index in [2.05, 4.69) is 17.1 Å². The first-order valence-electron chi connectivity index (χ1n) is 8.35. The van der Waals surface area contributed by atoms with E-state index < -0.39 is 0 Å². The molecule has 0 aromatic carbocycles. The molecule has 23 heavy (non-hydrogen) atoms. The van der Waals surface area contributed by atoms with Gasteiger partial charge in [0.25, 0.3) is 0 Å². The minimum atomic E-state index is -0.377. The first-order valence-corrected chi connectivity index (χ1v) is 8.35. The summed E-state index contributed by atoms with van der Waals surface area (Å²) < 4.78 is 0. The molecule has 1 aliphatic carbocycles. The molecule has 1 spiro atoms. The first kappa shape index (κ1) is 14.4. The Hall–Kier alpha value is -2.17. The molecule has 120 valence electrons. The lowest BCUT2D eigenvalue weighted by Gasteiger charge is -2.25. The van der Waals surface area contributed by atoms with Crippen LogP contribution in [0, 0.1) is 11.3 Å². The van der Waals surface area contributed by atoms with Gasteiger partial charge in [0.15, 0.2) is 0 Å². The van der Waals surface area contributed by atoms with Gasteiger partial charge < -0.3 is 9.80 Å². The monoisotopic (exact) mass is 311 g/mol. The zero-order valence-electron chi connectivity index (χ0n) is 13.1. The Kier molecular flexibility index (Phi) is 3.43. The van der Waals surface area contributed by atoms with Crippen molar-refractivity contribution in [3.63, 3.8) is 0 Å². The highest BCUT2D eigenvalue weighted by atomic mass is 16.2. The molecule has 0 saturated carbocycles. The predicted octanol–water partition coefficient (Wildman–Crippen LogP) is 2.00. The molecule has 3 heterocycles. The SMILES string of the molecule is O=C(C1CC=CC1)N1CCC2(CCN(c3cccnc3)C2=O)C1. The summed E-state index contributed by atoms with van der Waals surface area (Å²) in [5, 5.41) is 0. The van der Waals surface area contributed by atoms with Gasteiger partial charge in [-0.3, -0.25) is 14.6 Å². The van der Waals surface area contributed by atoms with Crippen molar-refractivity contribution < 1.29 is 9.59 Å². The lowest BCUT2D eigenvalue weighted by Crippen LogP contribution is -2.39. The molecule has 5 heteroatoms. The van der Waals surface area contributed by atoms with Crippen LogP contribution >= 0.6 is 0 Å². The second-order valence-electron chi connectivity index (χ2n) is 6.85. The van der Waals surface area contributed by atoms with Crippen LogP contribution in [0.1, 0.15) is 25.7 Å². The molecule has 1 unspecified atom stereocenters. The van der Waals surface area contributed by atoms with Gasteiger partial charge in [-0.05, 0) is 37.8 Å². The second-order valence-corrected chi connectivity index (χ2v) is 6.85. The maximum absolute atomic E-state index is 13.0. The molecular formula is C18H21N3O2. The van der Waals surface area contributed by atoms with Crippen molar-refractivity contribution in [1.29, 1.82) is 0 Å². The fourth-order valence-electron chi connectivity index (χ4n) is 4.10. The lowest BCUT2D eigenvalue weighted by molar-refractivity contribution is -0.135. The van der Waals surface area contributed by atoms with Gasteiger partial charge in [-0.25, -0.2) is 0 Å². The quantitative estimate of drug-likeness (QED) is 0.785. The molecule has 1 aromatic heterocycles. The van der Waals surface area contributed by atoms with Gasteiger partial charge in [0.1, 0.15) is 0 Å². The average Bonchev–Trinajstić information content (AvgIpc) is 3.31. The van der Waals surface area contributed by atoms with Crippen molar-refractivity contribution in [2.24, 2.45) is 11.3 Å². The van der Waals surface area contributed by atoms with Crippen LogP contribution in [0.3, 0.4) is 0 Å². The maximum atomic E-state index is 13.0. The Labute approximate surface area is 136 Å². The van der Waals surface area contributed by atoms with Crippen molar-refractivity contribution in [3.05, 3.63) is 36.7 Å². The number of likely N-dealkylation sites (tertiary alicyclic amines) is 1. The Balaban J connectivity index is 1.48. The summed E-state index contributed by atoms with van der Waals surface area (Å²) >= 11 is 0. The molecular weight excluding hydrogens is 290 g/mol. The van der Waals surface area contributed by atoms with E-state index in [1.54, 1.807) is 12.4 Å². The van der Waals surface area contributed by atoms with Gasteiger partial charge >= 0.3 is 0 Å². The normalized spacial score (nSPS) is 27.6. The van der Waals surface area contributed by atoms with E-state index in [4.69, 9.17) is 0 Å². The minimum Gasteiger partial charge on any atom is -0.341 e. The number of pyridine rings is 1. The summed E-state index contributed by atoms with van der Waals surface area (Å²) in [7, 11) is 0. The molecule has 3 aliphatic rings. The largest absolute Gasteiger partial charge is 0.341 e. The van der Waals surface area contributed by atoms with Gasteiger partial charge in [0, 0.05) is 31.7 Å². The minimum absolute atomic E-state index is 0.0936. The van der Waals surface area contributed by atoms with Crippen molar-refractivity contribution in [2.75, 3.05) is 24.5 Å². The standard InChI is InChI=1S/C18H21N3O2/c22-16(14-4-1-2-5-14)20-10-7-18(13-20)8-11-21(17(18)23)15-6-3-9-19-12-15/h1-3,6,9,12,14H,4-5,7-8,10-11,13H2. The van der Waals surface area contributed by atoms with Crippen molar-refractivity contribution in [2.45, 2.75) is 25.7 Å². The third-order valence-corrected chi connectivity index (χ3v) is 5.49. The summed E-state index contributed by atoms with van der Waals surface area (Å²) in [4.78, 5) is 33.4. The van der Waals surface area contributed by atoms with Crippen LogP contribution in [-0.4, -0.2) is 41.3 Å². The lowest BCUT2D eigenvalue weighted by atomic mass is 9.85. The van der Waals surface area contributed by atoms with Crippen LogP contribution in [0.15, 0.2) is 36.7 Å². The number of amides is 2. The van der Waals surface area contributed by atoms with Gasteiger partial charge in [-0.15, -0.1) is 0 Å². The van der Waals surface area contributed by atoms with Crippen molar-refractivity contribution >= 4 is 17.5 Å². The van der Waals surface area contributed by atoms with Gasteiger partial charge in [0.2, 0.25) is 11.8 Å². The molecule has 2 fully saturated rings. The molecule has 0 radical (unpaired) electrons. The number of hydrogen-bond donors (Lipinski definition) is 0. The highest BCUT2D eigenvalue weighted by Crippen LogP contribution is 2.42. The number of anilines is 1. The number of nitrogens with zero attached hydrogens (tertiary/aromatic N) is 3. The van der Waals surface area contributed by atoms with Crippen molar-refractivity contribution in [3.8, 4) is 0 Å². The van der Waals surface area contributed by atoms with E-state index in [1.165, 1.54) is 0 Å². The number of hydrogen-bond acceptors (Lipinski definition) is 3. The van der Waals surface area contributed by atoms with E-state index in [1.807, 2.05) is 21.9 Å². The van der Waals surface area contributed by atoms with E-state index in [-0.39, 0.29) is 23.1 Å². The number of allylic oxidation sites excluding steroid dienone is 2. The number of aromatic nitrogens is 1. The van der Waals surface area contributed by atoms with E-state index >= 15 is 0 Å². The number of carbonyl (C=O) groups excluding carboxylic acids is 2. The summed E-state index contributed by atoms with van der Waals surface area (Å²) in [6.07, 6.45) is 10.9. The molecule has 1 atom stereocenters. The zero-order valence-corrected chi connectivity index (χ0v) is 13.1. The first-order chi connectivity index (χ1) is 11.2. The van der Waals surface area contributed by atoms with Gasteiger partial charge in [0.05, 0.1) is 17.3 Å². The van der Waals surface area contributed by atoms with Crippen LogP contribution < -0.4 is 4.90 Å². The maximum Gasteiger partial charge on any atom is 0.235 e. The molecule has 0 N–H and O–H groups in total. The predicted molar refractivity (Wildman–Crippen MR) is 86.7 cm³/mol. The van der Waals surface area contributed by atoms with Crippen LogP contribution in [0.2, 0.25) is 0 Å². The average molecular weight is 311 g/mol.